The first-order valence-electron chi connectivity index (χ1n) is 7.47. The van der Waals surface area contributed by atoms with Crippen LogP contribution in [0.5, 0.6) is 0 Å². The van der Waals surface area contributed by atoms with Gasteiger partial charge in [0.15, 0.2) is 15.8 Å². The molecule has 0 atom stereocenters. The van der Waals surface area contributed by atoms with Gasteiger partial charge in [0, 0.05) is 25.0 Å². The van der Waals surface area contributed by atoms with Crippen molar-refractivity contribution in [1.82, 2.24) is 10.6 Å². The smallest absolute Gasteiger partial charge is 0.191 e. The van der Waals surface area contributed by atoms with Crippen molar-refractivity contribution in [2.45, 2.75) is 11.3 Å². The first-order valence-corrected chi connectivity index (χ1v) is 10.0. The maximum absolute atomic E-state index is 13.6. The van der Waals surface area contributed by atoms with Crippen LogP contribution in [0.3, 0.4) is 0 Å². The molecular weight excluding hydrogens is 476 g/mol. The topological polar surface area (TPSA) is 70.6 Å². The van der Waals surface area contributed by atoms with Crippen LogP contribution in [0.2, 0.25) is 0 Å². The number of thiophene rings is 1. The molecule has 25 heavy (non-hydrogen) atoms. The molecule has 0 fully saturated rings. The van der Waals surface area contributed by atoms with Crippen LogP contribution in [-0.4, -0.2) is 40.3 Å². The van der Waals surface area contributed by atoms with E-state index in [1.54, 1.807) is 18.4 Å². The van der Waals surface area contributed by atoms with Crippen LogP contribution < -0.4 is 10.6 Å². The number of guanidine groups is 1. The van der Waals surface area contributed by atoms with E-state index in [9.17, 15) is 12.8 Å². The second-order valence-corrected chi connectivity index (χ2v) is 8.11. The Labute approximate surface area is 168 Å². The van der Waals surface area contributed by atoms with Gasteiger partial charge in [0.1, 0.15) is 10.7 Å². The normalized spacial score (nSPS) is 11.7. The highest BCUT2D eigenvalue weighted by molar-refractivity contribution is 14.0. The van der Waals surface area contributed by atoms with E-state index < -0.39 is 15.7 Å². The molecule has 1 aromatic carbocycles. The molecule has 0 saturated heterocycles. The van der Waals surface area contributed by atoms with E-state index in [1.165, 1.54) is 23.1 Å². The zero-order valence-electron chi connectivity index (χ0n) is 13.7. The number of sulfone groups is 1. The Balaban J connectivity index is 0.00000312. The zero-order chi connectivity index (χ0) is 17.4. The number of hydrogen-bond donors (Lipinski definition) is 2. The highest BCUT2D eigenvalue weighted by atomic mass is 127. The zero-order valence-corrected chi connectivity index (χ0v) is 17.7. The van der Waals surface area contributed by atoms with Gasteiger partial charge in [-0.3, -0.25) is 4.99 Å². The molecule has 138 valence electrons. The van der Waals surface area contributed by atoms with Gasteiger partial charge < -0.3 is 10.6 Å². The first-order chi connectivity index (χ1) is 11.5. The summed E-state index contributed by atoms with van der Waals surface area (Å²) in [7, 11) is -2.05. The Kier molecular flexibility index (Phi) is 9.36. The average Bonchev–Trinajstić information content (AvgIpc) is 3.07. The number of nitrogens with one attached hydrogen (secondary N) is 2. The summed E-state index contributed by atoms with van der Waals surface area (Å²) in [6, 6.07) is 9.45. The van der Waals surface area contributed by atoms with Gasteiger partial charge in [-0.05, 0) is 30.0 Å². The summed E-state index contributed by atoms with van der Waals surface area (Å²) in [4.78, 5) is 5.04. The van der Waals surface area contributed by atoms with Crippen molar-refractivity contribution >= 4 is 51.1 Å². The third-order valence-corrected chi connectivity index (χ3v) is 5.98. The number of nitrogens with zero attached hydrogens (tertiary/aromatic N) is 1. The Bertz CT molecular complexity index is 780. The Morgan fingerprint density at radius 3 is 2.52 bits per heavy atom. The molecule has 0 aliphatic carbocycles. The van der Waals surface area contributed by atoms with Crippen molar-refractivity contribution in [1.29, 1.82) is 0 Å². The van der Waals surface area contributed by atoms with Crippen LogP contribution in [0.15, 0.2) is 51.7 Å². The van der Waals surface area contributed by atoms with Gasteiger partial charge >= 0.3 is 0 Å². The predicted octanol–water partition coefficient (Wildman–Crippen LogP) is 2.69. The average molecular weight is 497 g/mol. The molecule has 0 amide bonds. The second kappa shape index (κ2) is 10.7. The van der Waals surface area contributed by atoms with Gasteiger partial charge in [-0.1, -0.05) is 18.2 Å². The fourth-order valence-electron chi connectivity index (χ4n) is 2.09. The van der Waals surface area contributed by atoms with E-state index in [2.05, 4.69) is 21.7 Å². The highest BCUT2D eigenvalue weighted by Gasteiger charge is 2.18. The van der Waals surface area contributed by atoms with Crippen molar-refractivity contribution < 1.29 is 12.8 Å². The molecule has 0 aliphatic rings. The lowest BCUT2D eigenvalue weighted by Gasteiger charge is -2.12. The van der Waals surface area contributed by atoms with Crippen molar-refractivity contribution in [3.8, 4) is 0 Å². The van der Waals surface area contributed by atoms with Crippen LogP contribution in [0, 0.1) is 5.82 Å². The molecule has 9 heteroatoms. The van der Waals surface area contributed by atoms with Gasteiger partial charge in [-0.2, -0.15) is 0 Å². The summed E-state index contributed by atoms with van der Waals surface area (Å²) in [6.45, 7) is 0.843. The maximum Gasteiger partial charge on any atom is 0.191 e. The van der Waals surface area contributed by atoms with E-state index in [4.69, 9.17) is 0 Å². The third-order valence-electron chi connectivity index (χ3n) is 3.30. The number of hydrogen-bond acceptors (Lipinski definition) is 4. The predicted molar refractivity (Wildman–Crippen MR) is 111 cm³/mol. The second-order valence-electron chi connectivity index (χ2n) is 5.00. The molecule has 0 spiro atoms. The van der Waals surface area contributed by atoms with Gasteiger partial charge in [0.2, 0.25) is 0 Å². The third kappa shape index (κ3) is 6.90. The Hall–Kier alpha value is -1.20. The fourth-order valence-corrected chi connectivity index (χ4v) is 4.04. The molecule has 0 unspecified atom stereocenters. The summed E-state index contributed by atoms with van der Waals surface area (Å²) in [6.07, 6.45) is 0.867. The number of aliphatic imine (C=N–C) groups is 1. The van der Waals surface area contributed by atoms with Gasteiger partial charge in [0.25, 0.3) is 0 Å². The van der Waals surface area contributed by atoms with Gasteiger partial charge in [-0.25, -0.2) is 12.8 Å². The van der Waals surface area contributed by atoms with Crippen molar-refractivity contribution in [2.24, 2.45) is 4.99 Å². The lowest BCUT2D eigenvalue weighted by molar-refractivity contribution is 0.566. The van der Waals surface area contributed by atoms with E-state index >= 15 is 0 Å². The Morgan fingerprint density at radius 2 is 1.88 bits per heavy atom. The van der Waals surface area contributed by atoms with Crippen molar-refractivity contribution in [2.75, 3.05) is 25.9 Å². The molecule has 1 heterocycles. The lowest BCUT2D eigenvalue weighted by Crippen LogP contribution is -2.40. The minimum absolute atomic E-state index is 0. The summed E-state index contributed by atoms with van der Waals surface area (Å²) in [5.41, 5.74) is 0. The van der Waals surface area contributed by atoms with Crippen LogP contribution in [0.25, 0.3) is 0 Å². The standard InChI is InChI=1S/C16H20FN3O2S2.HI/c1-18-16(19-9-8-13-5-4-11-23-13)20-10-12-24(21,22)15-7-3-2-6-14(15)17;/h2-7,11H,8-10,12H2,1H3,(H2,18,19,20);1H. The molecule has 2 rings (SSSR count). The quantitative estimate of drug-likeness (QED) is 0.351. The minimum Gasteiger partial charge on any atom is -0.356 e. The van der Waals surface area contributed by atoms with E-state index in [-0.39, 0.29) is 41.2 Å². The van der Waals surface area contributed by atoms with E-state index in [1.807, 2.05) is 11.4 Å². The summed E-state index contributed by atoms with van der Waals surface area (Å²) in [5.74, 6) is -0.411. The molecule has 2 N–H and O–H groups in total. The lowest BCUT2D eigenvalue weighted by atomic mass is 10.3. The molecular formula is C16H21FIN3O2S2. The number of benzene rings is 1. The minimum atomic E-state index is -3.67. The summed E-state index contributed by atoms with van der Waals surface area (Å²) < 4.78 is 37.9. The van der Waals surface area contributed by atoms with Crippen LogP contribution in [0.4, 0.5) is 4.39 Å². The molecule has 0 bridgehead atoms. The molecule has 1 aromatic heterocycles. The van der Waals surface area contributed by atoms with Gasteiger partial charge in [-0.15, -0.1) is 35.3 Å². The van der Waals surface area contributed by atoms with E-state index in [0.717, 1.165) is 12.5 Å². The Morgan fingerprint density at radius 1 is 1.16 bits per heavy atom. The fraction of sp³-hybridized carbons (Fsp3) is 0.312. The van der Waals surface area contributed by atoms with Crippen LogP contribution in [-0.2, 0) is 16.3 Å². The number of halogens is 2. The summed E-state index contributed by atoms with van der Waals surface area (Å²) >= 11 is 1.69. The van der Waals surface area contributed by atoms with Gasteiger partial charge in [0.05, 0.1) is 5.75 Å². The summed E-state index contributed by atoms with van der Waals surface area (Å²) in [5, 5.41) is 8.08. The molecule has 0 aliphatic heterocycles. The molecule has 2 aromatic rings. The van der Waals surface area contributed by atoms with Crippen molar-refractivity contribution in [3.63, 3.8) is 0 Å². The SMILES string of the molecule is CN=C(NCCc1cccs1)NCCS(=O)(=O)c1ccccc1F.I. The monoisotopic (exact) mass is 497 g/mol. The van der Waals surface area contributed by atoms with Crippen LogP contribution >= 0.6 is 35.3 Å². The molecule has 5 nitrogen and oxygen atoms in total. The number of rotatable bonds is 7. The van der Waals surface area contributed by atoms with Crippen molar-refractivity contribution in [3.05, 3.63) is 52.5 Å². The first kappa shape index (κ1) is 21.8. The van der Waals surface area contributed by atoms with E-state index in [0.29, 0.717) is 12.5 Å². The largest absolute Gasteiger partial charge is 0.356 e. The highest BCUT2D eigenvalue weighted by Crippen LogP contribution is 2.14. The molecule has 0 radical (unpaired) electrons. The maximum atomic E-state index is 13.6. The molecule has 0 saturated carbocycles. The van der Waals surface area contributed by atoms with Crippen LogP contribution in [0.1, 0.15) is 4.88 Å².